The van der Waals surface area contributed by atoms with Crippen molar-refractivity contribution in [1.29, 1.82) is 0 Å². The average Bonchev–Trinajstić information content (AvgIpc) is 2.75. The lowest BCUT2D eigenvalue weighted by atomic mass is 10.0. The van der Waals surface area contributed by atoms with E-state index in [-0.39, 0.29) is 12.2 Å². The Kier molecular flexibility index (Phi) is 6.92. The van der Waals surface area contributed by atoms with Gasteiger partial charge >= 0.3 is 0 Å². The molecule has 31 heavy (non-hydrogen) atoms. The van der Waals surface area contributed by atoms with E-state index in [9.17, 15) is 13.6 Å². The van der Waals surface area contributed by atoms with Crippen LogP contribution in [-0.2, 0) is 11.3 Å². The number of amides is 1. The van der Waals surface area contributed by atoms with Crippen molar-refractivity contribution in [1.82, 2.24) is 4.98 Å². The zero-order valence-electron chi connectivity index (χ0n) is 17.2. The van der Waals surface area contributed by atoms with E-state index in [1.54, 1.807) is 36.4 Å². The molecule has 0 saturated heterocycles. The van der Waals surface area contributed by atoms with Gasteiger partial charge in [-0.25, -0.2) is 13.8 Å². The van der Waals surface area contributed by atoms with Crippen LogP contribution < -0.4 is 5.73 Å². The molecule has 4 nitrogen and oxygen atoms in total. The number of ether oxygens (including phenoxy) is 1. The molecule has 1 aromatic heterocycles. The molecule has 0 aliphatic heterocycles. The largest absolute Gasteiger partial charge is 0.486 e. The highest BCUT2D eigenvalue weighted by Gasteiger charge is 2.13. The highest BCUT2D eigenvalue weighted by Crippen LogP contribution is 2.26. The molecule has 0 atom stereocenters. The van der Waals surface area contributed by atoms with E-state index >= 15 is 0 Å². The highest BCUT2D eigenvalue weighted by atomic mass is 19.1. The van der Waals surface area contributed by atoms with Crippen LogP contribution in [0.2, 0.25) is 0 Å². The number of allylic oxidation sites excluding steroid dienone is 3. The third-order valence-electron chi connectivity index (χ3n) is 4.67. The first-order valence-corrected chi connectivity index (χ1v) is 9.67. The zero-order valence-corrected chi connectivity index (χ0v) is 17.2. The lowest BCUT2D eigenvalue weighted by molar-refractivity contribution is 0.100. The minimum absolute atomic E-state index is 0.148. The van der Waals surface area contributed by atoms with E-state index < -0.39 is 17.5 Å². The standard InChI is InChI=1S/C25H22F2N2O2/c1-3-4-11-24(31-15-20-21(26)9-6-10-22(20)27)23-13-12-19(16(2)29-23)17-7-5-8-18(14-17)25(28)30/h3-14H,15H2,1-2H3,(H2,28,30). The number of primary amides is 1. The summed E-state index contributed by atoms with van der Waals surface area (Å²) < 4.78 is 33.6. The summed E-state index contributed by atoms with van der Waals surface area (Å²) in [6, 6.07) is 14.3. The summed E-state index contributed by atoms with van der Waals surface area (Å²) in [5.41, 5.74) is 8.49. The second-order valence-electron chi connectivity index (χ2n) is 6.82. The number of nitrogens with zero attached hydrogens (tertiary/aromatic N) is 1. The molecular formula is C25H22F2N2O2. The third kappa shape index (κ3) is 5.22. The van der Waals surface area contributed by atoms with Crippen molar-refractivity contribution in [3.8, 4) is 11.1 Å². The second kappa shape index (κ2) is 9.80. The second-order valence-corrected chi connectivity index (χ2v) is 6.82. The summed E-state index contributed by atoms with van der Waals surface area (Å²) in [4.78, 5) is 16.1. The van der Waals surface area contributed by atoms with Gasteiger partial charge in [-0.3, -0.25) is 4.79 Å². The van der Waals surface area contributed by atoms with Crippen molar-refractivity contribution >= 4 is 11.7 Å². The van der Waals surface area contributed by atoms with Crippen molar-refractivity contribution in [2.24, 2.45) is 5.73 Å². The summed E-state index contributed by atoms with van der Waals surface area (Å²) in [5.74, 6) is -1.46. The fraction of sp³-hybridized carbons (Fsp3) is 0.120. The van der Waals surface area contributed by atoms with Crippen LogP contribution in [0.3, 0.4) is 0 Å². The number of aryl methyl sites for hydroxylation is 1. The van der Waals surface area contributed by atoms with Crippen molar-refractivity contribution in [2.45, 2.75) is 20.5 Å². The Morgan fingerprint density at radius 1 is 1.10 bits per heavy atom. The van der Waals surface area contributed by atoms with E-state index in [2.05, 4.69) is 4.98 Å². The van der Waals surface area contributed by atoms with Crippen LogP contribution in [0.15, 0.2) is 72.8 Å². The lowest BCUT2D eigenvalue weighted by Gasteiger charge is -2.13. The van der Waals surface area contributed by atoms with E-state index in [0.717, 1.165) is 11.1 Å². The molecule has 158 valence electrons. The molecule has 0 aliphatic carbocycles. The fourth-order valence-corrected chi connectivity index (χ4v) is 3.05. The number of carbonyl (C=O) groups is 1. The molecule has 0 bridgehead atoms. The van der Waals surface area contributed by atoms with Crippen LogP contribution in [0, 0.1) is 18.6 Å². The maximum Gasteiger partial charge on any atom is 0.248 e. The van der Waals surface area contributed by atoms with Gasteiger partial charge in [0, 0.05) is 16.8 Å². The molecule has 1 amide bonds. The SMILES string of the molecule is CC=CC=C(OCc1c(F)cccc1F)c1ccc(-c2cccc(C(N)=O)c2)c(C)n1. The molecule has 3 rings (SSSR count). The Bertz CT molecular complexity index is 1150. The molecule has 3 aromatic rings. The first-order valence-electron chi connectivity index (χ1n) is 9.67. The van der Waals surface area contributed by atoms with Crippen molar-refractivity contribution < 1.29 is 18.3 Å². The Morgan fingerprint density at radius 2 is 1.81 bits per heavy atom. The van der Waals surface area contributed by atoms with Gasteiger partial charge in [0.05, 0.1) is 5.56 Å². The number of aromatic nitrogens is 1. The number of nitrogens with two attached hydrogens (primary N) is 1. The van der Waals surface area contributed by atoms with Gasteiger partial charge in [-0.2, -0.15) is 0 Å². The summed E-state index contributed by atoms with van der Waals surface area (Å²) >= 11 is 0. The fourth-order valence-electron chi connectivity index (χ4n) is 3.05. The molecule has 2 aromatic carbocycles. The number of rotatable bonds is 7. The first kappa shape index (κ1) is 21.9. The van der Waals surface area contributed by atoms with Gasteiger partial charge in [-0.15, -0.1) is 0 Å². The number of hydrogen-bond donors (Lipinski definition) is 1. The van der Waals surface area contributed by atoms with E-state index in [0.29, 0.717) is 22.7 Å². The van der Waals surface area contributed by atoms with E-state index in [4.69, 9.17) is 10.5 Å². The number of hydrogen-bond acceptors (Lipinski definition) is 3. The van der Waals surface area contributed by atoms with Gasteiger partial charge in [0.15, 0.2) is 0 Å². The molecular weight excluding hydrogens is 398 g/mol. The maximum atomic E-state index is 13.9. The van der Waals surface area contributed by atoms with Crippen molar-refractivity contribution in [3.05, 3.63) is 107 Å². The predicted molar refractivity (Wildman–Crippen MR) is 117 cm³/mol. The molecule has 1 heterocycles. The van der Waals surface area contributed by atoms with Gasteiger partial charge in [0.2, 0.25) is 5.91 Å². The Morgan fingerprint density at radius 3 is 2.45 bits per heavy atom. The Balaban J connectivity index is 1.91. The number of carbonyl (C=O) groups excluding carboxylic acids is 1. The van der Waals surface area contributed by atoms with Gasteiger partial charge < -0.3 is 10.5 Å². The van der Waals surface area contributed by atoms with Gasteiger partial charge in [-0.1, -0.05) is 36.4 Å². The molecule has 0 fully saturated rings. The summed E-state index contributed by atoms with van der Waals surface area (Å²) in [7, 11) is 0. The number of pyridine rings is 1. The van der Waals surface area contributed by atoms with Crippen molar-refractivity contribution in [3.63, 3.8) is 0 Å². The molecule has 0 radical (unpaired) electrons. The Hall–Kier alpha value is -3.80. The average molecular weight is 420 g/mol. The number of benzene rings is 2. The minimum atomic E-state index is -0.667. The molecule has 6 heteroatoms. The first-order chi connectivity index (χ1) is 14.9. The van der Waals surface area contributed by atoms with Gasteiger partial charge in [-0.05, 0) is 55.8 Å². The van der Waals surface area contributed by atoms with Crippen molar-refractivity contribution in [2.75, 3.05) is 0 Å². The van der Waals surface area contributed by atoms with Gasteiger partial charge in [0.25, 0.3) is 0 Å². The third-order valence-corrected chi connectivity index (χ3v) is 4.67. The summed E-state index contributed by atoms with van der Waals surface area (Å²) in [6.07, 6.45) is 5.26. The topological polar surface area (TPSA) is 65.2 Å². The predicted octanol–water partition coefficient (Wildman–Crippen LogP) is 5.57. The smallest absolute Gasteiger partial charge is 0.248 e. The monoisotopic (exact) mass is 420 g/mol. The molecule has 2 N–H and O–H groups in total. The van der Waals surface area contributed by atoms with Crippen LogP contribution in [0.25, 0.3) is 16.9 Å². The minimum Gasteiger partial charge on any atom is -0.486 e. The normalized spacial score (nSPS) is 11.7. The zero-order chi connectivity index (χ0) is 22.4. The molecule has 0 spiro atoms. The molecule has 0 saturated carbocycles. The quantitative estimate of drug-likeness (QED) is 0.402. The van der Waals surface area contributed by atoms with E-state index in [1.807, 2.05) is 32.1 Å². The molecule has 0 aliphatic rings. The Labute approximate surface area is 179 Å². The van der Waals surface area contributed by atoms with Gasteiger partial charge in [0.1, 0.15) is 29.7 Å². The number of halogens is 2. The molecule has 0 unspecified atom stereocenters. The summed E-state index contributed by atoms with van der Waals surface area (Å²) in [5, 5.41) is 0. The summed E-state index contributed by atoms with van der Waals surface area (Å²) in [6.45, 7) is 3.41. The van der Waals surface area contributed by atoms with E-state index in [1.165, 1.54) is 18.2 Å². The van der Waals surface area contributed by atoms with Crippen LogP contribution >= 0.6 is 0 Å². The lowest BCUT2D eigenvalue weighted by Crippen LogP contribution is -2.10. The highest BCUT2D eigenvalue weighted by molar-refractivity contribution is 5.94. The van der Waals surface area contributed by atoms with Crippen LogP contribution in [-0.4, -0.2) is 10.9 Å². The van der Waals surface area contributed by atoms with Crippen LogP contribution in [0.5, 0.6) is 0 Å². The van der Waals surface area contributed by atoms with Crippen LogP contribution in [0.1, 0.15) is 34.2 Å². The van der Waals surface area contributed by atoms with Crippen LogP contribution in [0.4, 0.5) is 8.78 Å². The maximum absolute atomic E-state index is 13.9.